The van der Waals surface area contributed by atoms with E-state index in [2.05, 4.69) is 20.6 Å². The van der Waals surface area contributed by atoms with Crippen LogP contribution in [0.2, 0.25) is 5.02 Å². The first kappa shape index (κ1) is 19.4. The van der Waals surface area contributed by atoms with Gasteiger partial charge in [-0.25, -0.2) is 9.78 Å². The summed E-state index contributed by atoms with van der Waals surface area (Å²) in [6.07, 6.45) is 2.56. The Balaban J connectivity index is 2.23. The molecule has 26 heavy (non-hydrogen) atoms. The maximum absolute atomic E-state index is 12.3. The van der Waals surface area contributed by atoms with Crippen molar-refractivity contribution in [3.05, 3.63) is 40.3 Å². The van der Waals surface area contributed by atoms with Crippen molar-refractivity contribution in [2.45, 2.75) is 20.0 Å². The number of methoxy groups -OCH3 is 2. The number of rotatable bonds is 5. The molecule has 1 atom stereocenters. The quantitative estimate of drug-likeness (QED) is 0.825. The Labute approximate surface area is 156 Å². The van der Waals surface area contributed by atoms with Gasteiger partial charge in [0, 0.05) is 12.7 Å². The number of carbonyl (C=O) groups excluding carboxylic acids is 1. The molecule has 0 bridgehead atoms. The third-order valence-corrected chi connectivity index (χ3v) is 4.14. The molecule has 9 heteroatoms. The smallest absolute Gasteiger partial charge is 0.323 e. The van der Waals surface area contributed by atoms with Gasteiger partial charge in [0.2, 0.25) is 5.88 Å². The molecule has 2 rings (SSSR count). The van der Waals surface area contributed by atoms with Crippen molar-refractivity contribution in [3.63, 3.8) is 0 Å². The predicted octanol–water partition coefficient (Wildman–Crippen LogP) is 3.67. The van der Waals surface area contributed by atoms with E-state index in [1.807, 2.05) is 13.0 Å². The molecule has 0 spiro atoms. The van der Waals surface area contributed by atoms with Crippen molar-refractivity contribution >= 4 is 29.0 Å². The summed E-state index contributed by atoms with van der Waals surface area (Å²) in [5.41, 5.74) is 2.23. The average molecular weight is 376 g/mol. The number of carbonyl (C=O) groups is 1. The molecule has 0 radical (unpaired) electrons. The van der Waals surface area contributed by atoms with Crippen LogP contribution in [0.3, 0.4) is 0 Å². The topological polar surface area (TPSA) is 109 Å². The van der Waals surface area contributed by atoms with Gasteiger partial charge in [0.1, 0.15) is 11.6 Å². The van der Waals surface area contributed by atoms with Crippen molar-refractivity contribution in [1.82, 2.24) is 9.97 Å². The van der Waals surface area contributed by atoms with Crippen LogP contribution >= 0.6 is 11.6 Å². The monoisotopic (exact) mass is 375 g/mol. The van der Waals surface area contributed by atoms with E-state index in [-0.39, 0.29) is 17.5 Å². The van der Waals surface area contributed by atoms with E-state index in [0.717, 1.165) is 0 Å². The van der Waals surface area contributed by atoms with Gasteiger partial charge in [-0.2, -0.15) is 5.26 Å². The zero-order valence-electron chi connectivity index (χ0n) is 14.8. The lowest BCUT2D eigenvalue weighted by Crippen LogP contribution is -2.21. The number of nitriles is 1. The Hall–Kier alpha value is -2.89. The Bertz CT molecular complexity index is 866. The van der Waals surface area contributed by atoms with Crippen molar-refractivity contribution in [1.29, 1.82) is 5.26 Å². The van der Waals surface area contributed by atoms with E-state index in [4.69, 9.17) is 26.3 Å². The third-order valence-electron chi connectivity index (χ3n) is 3.66. The standard InChI is InChI=1S/C17H18ClN5O3/c1-9-15(18)14(10(2)25-3)13(8-20-9)23-17(24)22-12-5-11(6-19)16(26-4)21-7-12/h5,7-8,10H,1-4H3,(H2,22,23,24)/t10-/m1/s1. The average Bonchev–Trinajstić information content (AvgIpc) is 2.64. The van der Waals surface area contributed by atoms with Crippen LogP contribution < -0.4 is 15.4 Å². The second kappa shape index (κ2) is 8.47. The van der Waals surface area contributed by atoms with Crippen LogP contribution in [0, 0.1) is 18.3 Å². The number of hydrogen-bond acceptors (Lipinski definition) is 6. The lowest BCUT2D eigenvalue weighted by atomic mass is 10.1. The molecule has 0 aliphatic heterocycles. The zero-order valence-corrected chi connectivity index (χ0v) is 15.5. The van der Waals surface area contributed by atoms with E-state index >= 15 is 0 Å². The second-order valence-electron chi connectivity index (χ2n) is 5.33. The molecule has 2 aromatic heterocycles. The molecule has 0 fully saturated rings. The number of nitrogens with one attached hydrogen (secondary N) is 2. The highest BCUT2D eigenvalue weighted by atomic mass is 35.5. The Kier molecular flexibility index (Phi) is 6.33. The fourth-order valence-corrected chi connectivity index (χ4v) is 2.57. The molecule has 0 aliphatic carbocycles. The predicted molar refractivity (Wildman–Crippen MR) is 97.6 cm³/mol. The summed E-state index contributed by atoms with van der Waals surface area (Å²) < 4.78 is 10.3. The number of pyridine rings is 2. The van der Waals surface area contributed by atoms with Crippen LogP contribution in [0.15, 0.2) is 18.5 Å². The number of anilines is 2. The highest BCUT2D eigenvalue weighted by Crippen LogP contribution is 2.33. The van der Waals surface area contributed by atoms with E-state index in [1.165, 1.54) is 25.6 Å². The van der Waals surface area contributed by atoms with Crippen molar-refractivity contribution in [2.24, 2.45) is 0 Å². The zero-order chi connectivity index (χ0) is 19.3. The van der Waals surface area contributed by atoms with E-state index in [9.17, 15) is 4.79 Å². The molecule has 0 saturated heterocycles. The second-order valence-corrected chi connectivity index (χ2v) is 5.71. The molecule has 0 unspecified atom stereocenters. The first-order valence-electron chi connectivity index (χ1n) is 7.61. The van der Waals surface area contributed by atoms with Gasteiger partial charge in [-0.3, -0.25) is 4.98 Å². The van der Waals surface area contributed by atoms with E-state index in [0.29, 0.717) is 27.7 Å². The summed E-state index contributed by atoms with van der Waals surface area (Å²) in [5.74, 6) is 0.184. The van der Waals surface area contributed by atoms with Gasteiger partial charge < -0.3 is 20.1 Å². The molecule has 136 valence electrons. The number of amides is 2. The van der Waals surface area contributed by atoms with Crippen LogP contribution in [0.1, 0.15) is 29.8 Å². The largest absolute Gasteiger partial charge is 0.480 e. The van der Waals surface area contributed by atoms with E-state index < -0.39 is 6.03 Å². The maximum Gasteiger partial charge on any atom is 0.323 e. The molecular formula is C17H18ClN5O3. The molecule has 2 heterocycles. The van der Waals surface area contributed by atoms with Crippen LogP contribution in [0.4, 0.5) is 16.2 Å². The van der Waals surface area contributed by atoms with Gasteiger partial charge in [-0.15, -0.1) is 0 Å². The number of hydrogen-bond donors (Lipinski definition) is 2. The molecule has 8 nitrogen and oxygen atoms in total. The fourth-order valence-electron chi connectivity index (χ4n) is 2.26. The Morgan fingerprint density at radius 2 is 2.04 bits per heavy atom. The lowest BCUT2D eigenvalue weighted by molar-refractivity contribution is 0.120. The first-order chi connectivity index (χ1) is 12.4. The highest BCUT2D eigenvalue weighted by Gasteiger charge is 2.19. The van der Waals surface area contributed by atoms with Gasteiger partial charge in [-0.05, 0) is 19.9 Å². The normalized spacial score (nSPS) is 11.4. The molecule has 0 aliphatic rings. The van der Waals surface area contributed by atoms with Crippen molar-refractivity contribution in [2.75, 3.05) is 24.9 Å². The summed E-state index contributed by atoms with van der Waals surface area (Å²) in [4.78, 5) is 20.5. The third kappa shape index (κ3) is 4.20. The van der Waals surface area contributed by atoms with Crippen LogP contribution in [-0.2, 0) is 4.74 Å². The SMILES string of the molecule is COc1ncc(NC(=O)Nc2cnc(C)c(Cl)c2[C@@H](C)OC)cc1C#N. The van der Waals surface area contributed by atoms with Gasteiger partial charge in [0.05, 0.1) is 47.7 Å². The van der Waals surface area contributed by atoms with Crippen LogP contribution in [0.5, 0.6) is 5.88 Å². The Morgan fingerprint density at radius 3 is 2.65 bits per heavy atom. The number of nitrogens with zero attached hydrogens (tertiary/aromatic N) is 3. The summed E-state index contributed by atoms with van der Waals surface area (Å²) in [6.45, 7) is 3.58. The van der Waals surface area contributed by atoms with E-state index in [1.54, 1.807) is 14.0 Å². The number of aryl methyl sites for hydroxylation is 1. The van der Waals surface area contributed by atoms with Crippen molar-refractivity contribution < 1.29 is 14.3 Å². The molecule has 2 amide bonds. The summed E-state index contributed by atoms with van der Waals surface area (Å²) in [6, 6.07) is 2.88. The van der Waals surface area contributed by atoms with Gasteiger partial charge in [0.15, 0.2) is 0 Å². The van der Waals surface area contributed by atoms with Gasteiger partial charge in [-0.1, -0.05) is 11.6 Å². The number of aromatic nitrogens is 2. The highest BCUT2D eigenvalue weighted by molar-refractivity contribution is 6.32. The minimum atomic E-state index is -0.535. The molecule has 2 N–H and O–H groups in total. The van der Waals surface area contributed by atoms with Gasteiger partial charge >= 0.3 is 6.03 Å². The molecule has 0 aromatic carbocycles. The molecule has 2 aromatic rings. The van der Waals surface area contributed by atoms with Crippen molar-refractivity contribution in [3.8, 4) is 11.9 Å². The minimum Gasteiger partial charge on any atom is -0.480 e. The van der Waals surface area contributed by atoms with Gasteiger partial charge in [0.25, 0.3) is 0 Å². The number of ether oxygens (including phenoxy) is 2. The minimum absolute atomic E-state index is 0.184. The summed E-state index contributed by atoms with van der Waals surface area (Å²) >= 11 is 6.31. The summed E-state index contributed by atoms with van der Waals surface area (Å²) in [5, 5.41) is 14.8. The van der Waals surface area contributed by atoms with Crippen LogP contribution in [-0.4, -0.2) is 30.2 Å². The number of urea groups is 1. The summed E-state index contributed by atoms with van der Waals surface area (Å²) in [7, 11) is 2.96. The fraction of sp³-hybridized carbons (Fsp3) is 0.294. The Morgan fingerprint density at radius 1 is 1.31 bits per heavy atom. The van der Waals surface area contributed by atoms with Crippen LogP contribution in [0.25, 0.3) is 0 Å². The molecule has 0 saturated carbocycles. The first-order valence-corrected chi connectivity index (χ1v) is 7.99. The molecular weight excluding hydrogens is 358 g/mol. The number of halogens is 1. The lowest BCUT2D eigenvalue weighted by Gasteiger charge is -2.18. The maximum atomic E-state index is 12.3.